The van der Waals surface area contributed by atoms with Crippen molar-refractivity contribution in [3.05, 3.63) is 4.91 Å². The standard InChI is InChI=1S/C9H17NO/c1-3-4-9(7(2)10-11)8-5-6-8/h7-9H,3-6H2,1-2H3. The van der Waals surface area contributed by atoms with Gasteiger partial charge in [0.25, 0.3) is 0 Å². The molecule has 1 fully saturated rings. The van der Waals surface area contributed by atoms with E-state index in [-0.39, 0.29) is 6.04 Å². The zero-order valence-corrected chi connectivity index (χ0v) is 7.42. The fraction of sp³-hybridized carbons (Fsp3) is 1.00. The molecule has 2 nitrogen and oxygen atoms in total. The summed E-state index contributed by atoms with van der Waals surface area (Å²) in [4.78, 5) is 10.3. The van der Waals surface area contributed by atoms with E-state index in [1.54, 1.807) is 0 Å². The van der Waals surface area contributed by atoms with Crippen LogP contribution >= 0.6 is 0 Å². The Hall–Kier alpha value is -0.400. The van der Waals surface area contributed by atoms with Crippen LogP contribution in [0.2, 0.25) is 0 Å². The second-order valence-electron chi connectivity index (χ2n) is 3.64. The maximum atomic E-state index is 10.3. The molecule has 11 heavy (non-hydrogen) atoms. The molecule has 1 aliphatic rings. The monoisotopic (exact) mass is 155 g/mol. The predicted molar refractivity (Wildman–Crippen MR) is 46.4 cm³/mol. The van der Waals surface area contributed by atoms with Gasteiger partial charge in [-0.3, -0.25) is 0 Å². The van der Waals surface area contributed by atoms with Crippen LogP contribution in [0.15, 0.2) is 5.18 Å². The molecule has 0 radical (unpaired) electrons. The lowest BCUT2D eigenvalue weighted by Gasteiger charge is -2.16. The minimum absolute atomic E-state index is 0.0439. The van der Waals surface area contributed by atoms with E-state index in [4.69, 9.17) is 0 Å². The predicted octanol–water partition coefficient (Wildman–Crippen LogP) is 2.97. The van der Waals surface area contributed by atoms with Gasteiger partial charge in [0.05, 0.1) is 6.04 Å². The van der Waals surface area contributed by atoms with Gasteiger partial charge in [0.1, 0.15) is 0 Å². The third-order valence-electron chi connectivity index (χ3n) is 2.64. The van der Waals surface area contributed by atoms with Crippen molar-refractivity contribution >= 4 is 0 Å². The van der Waals surface area contributed by atoms with E-state index in [1.807, 2.05) is 6.92 Å². The van der Waals surface area contributed by atoms with Gasteiger partial charge in [0, 0.05) is 0 Å². The maximum Gasteiger partial charge on any atom is 0.0922 e. The molecule has 0 saturated heterocycles. The first kappa shape index (κ1) is 8.69. The summed E-state index contributed by atoms with van der Waals surface area (Å²) in [6.07, 6.45) is 5.01. The normalized spacial score (nSPS) is 22.7. The van der Waals surface area contributed by atoms with E-state index in [0.29, 0.717) is 5.92 Å². The fourth-order valence-corrected chi connectivity index (χ4v) is 1.81. The number of nitroso groups, excluding NO2 is 1. The average Bonchev–Trinajstić information content (AvgIpc) is 2.81. The highest BCUT2D eigenvalue weighted by molar-refractivity contribution is 4.86. The third-order valence-corrected chi connectivity index (χ3v) is 2.64. The van der Waals surface area contributed by atoms with Crippen LogP contribution < -0.4 is 0 Å². The zero-order valence-electron chi connectivity index (χ0n) is 7.42. The Morgan fingerprint density at radius 3 is 2.55 bits per heavy atom. The molecule has 0 aliphatic heterocycles. The average molecular weight is 155 g/mol. The summed E-state index contributed by atoms with van der Waals surface area (Å²) in [5.74, 6) is 1.40. The van der Waals surface area contributed by atoms with E-state index in [9.17, 15) is 4.91 Å². The summed E-state index contributed by atoms with van der Waals surface area (Å²) in [6.45, 7) is 4.12. The summed E-state index contributed by atoms with van der Waals surface area (Å²) >= 11 is 0. The molecule has 2 unspecified atom stereocenters. The molecule has 0 amide bonds. The van der Waals surface area contributed by atoms with Crippen molar-refractivity contribution in [2.24, 2.45) is 17.0 Å². The molecule has 0 aromatic heterocycles. The Morgan fingerprint density at radius 2 is 2.18 bits per heavy atom. The molecular formula is C9H17NO. The number of hydrogen-bond acceptors (Lipinski definition) is 2. The lowest BCUT2D eigenvalue weighted by molar-refractivity contribution is 0.363. The fourth-order valence-electron chi connectivity index (χ4n) is 1.81. The van der Waals surface area contributed by atoms with Crippen LogP contribution in [0.4, 0.5) is 0 Å². The summed E-state index contributed by atoms with van der Waals surface area (Å²) < 4.78 is 0. The molecule has 1 saturated carbocycles. The minimum atomic E-state index is 0.0439. The smallest absolute Gasteiger partial charge is 0.0922 e. The highest BCUT2D eigenvalue weighted by Gasteiger charge is 2.34. The van der Waals surface area contributed by atoms with Crippen molar-refractivity contribution in [1.29, 1.82) is 0 Å². The van der Waals surface area contributed by atoms with Gasteiger partial charge in [0.2, 0.25) is 0 Å². The summed E-state index contributed by atoms with van der Waals surface area (Å²) in [6, 6.07) is 0.0439. The summed E-state index contributed by atoms with van der Waals surface area (Å²) in [5.41, 5.74) is 0. The molecule has 0 bridgehead atoms. The number of hydrogen-bond donors (Lipinski definition) is 0. The summed E-state index contributed by atoms with van der Waals surface area (Å²) in [7, 11) is 0. The van der Waals surface area contributed by atoms with E-state index in [0.717, 1.165) is 5.92 Å². The van der Waals surface area contributed by atoms with Crippen molar-refractivity contribution < 1.29 is 0 Å². The Kier molecular flexibility index (Phi) is 3.03. The molecule has 0 aromatic rings. The van der Waals surface area contributed by atoms with E-state index in [2.05, 4.69) is 12.1 Å². The topological polar surface area (TPSA) is 29.4 Å². The lowest BCUT2D eigenvalue weighted by Crippen LogP contribution is -2.16. The van der Waals surface area contributed by atoms with Gasteiger partial charge >= 0.3 is 0 Å². The van der Waals surface area contributed by atoms with E-state index < -0.39 is 0 Å². The second-order valence-corrected chi connectivity index (χ2v) is 3.64. The van der Waals surface area contributed by atoms with Crippen molar-refractivity contribution in [3.8, 4) is 0 Å². The third kappa shape index (κ3) is 2.28. The Bertz CT molecular complexity index is 132. The van der Waals surface area contributed by atoms with E-state index in [1.165, 1.54) is 25.7 Å². The van der Waals surface area contributed by atoms with Crippen molar-refractivity contribution in [1.82, 2.24) is 0 Å². The lowest BCUT2D eigenvalue weighted by atomic mass is 9.92. The van der Waals surface area contributed by atoms with Gasteiger partial charge in [-0.1, -0.05) is 18.5 Å². The van der Waals surface area contributed by atoms with Crippen molar-refractivity contribution in [2.75, 3.05) is 0 Å². The van der Waals surface area contributed by atoms with Crippen LogP contribution in [-0.4, -0.2) is 6.04 Å². The van der Waals surface area contributed by atoms with Crippen molar-refractivity contribution in [2.45, 2.75) is 45.6 Å². The van der Waals surface area contributed by atoms with Crippen LogP contribution in [0.1, 0.15) is 39.5 Å². The first-order valence-electron chi connectivity index (χ1n) is 4.62. The van der Waals surface area contributed by atoms with Crippen molar-refractivity contribution in [3.63, 3.8) is 0 Å². The first-order valence-corrected chi connectivity index (χ1v) is 4.62. The molecule has 1 rings (SSSR count). The molecule has 0 N–H and O–H groups in total. The number of rotatable bonds is 5. The minimum Gasteiger partial charge on any atom is -0.151 e. The van der Waals surface area contributed by atoms with Gasteiger partial charge in [-0.25, -0.2) is 0 Å². The summed E-state index contributed by atoms with van der Waals surface area (Å²) in [5, 5.41) is 3.12. The Morgan fingerprint density at radius 1 is 1.55 bits per heavy atom. The Labute approximate surface area is 68.3 Å². The molecule has 2 atom stereocenters. The second kappa shape index (κ2) is 3.84. The van der Waals surface area contributed by atoms with Gasteiger partial charge in [-0.2, -0.15) is 4.91 Å². The quantitative estimate of drug-likeness (QED) is 0.561. The first-order chi connectivity index (χ1) is 5.29. The molecule has 0 heterocycles. The van der Waals surface area contributed by atoms with Crippen LogP contribution in [-0.2, 0) is 0 Å². The van der Waals surface area contributed by atoms with Gasteiger partial charge in [0.15, 0.2) is 0 Å². The van der Waals surface area contributed by atoms with Crippen LogP contribution in [0.5, 0.6) is 0 Å². The zero-order chi connectivity index (χ0) is 8.27. The van der Waals surface area contributed by atoms with Crippen LogP contribution in [0.25, 0.3) is 0 Å². The van der Waals surface area contributed by atoms with Gasteiger partial charge in [-0.15, -0.1) is 0 Å². The molecule has 0 spiro atoms. The van der Waals surface area contributed by atoms with E-state index >= 15 is 0 Å². The SMILES string of the molecule is CCCC(C1CC1)C(C)N=O. The van der Waals surface area contributed by atoms with Crippen LogP contribution in [0, 0.1) is 16.7 Å². The molecule has 2 heteroatoms. The molecule has 1 aliphatic carbocycles. The van der Waals surface area contributed by atoms with Gasteiger partial charge in [-0.05, 0) is 38.0 Å². The Balaban J connectivity index is 2.36. The van der Waals surface area contributed by atoms with Crippen LogP contribution in [0.3, 0.4) is 0 Å². The van der Waals surface area contributed by atoms with Gasteiger partial charge < -0.3 is 0 Å². The highest BCUT2D eigenvalue weighted by Crippen LogP contribution is 2.41. The maximum absolute atomic E-state index is 10.3. The highest BCUT2D eigenvalue weighted by atomic mass is 16.3. The molecule has 0 aromatic carbocycles. The number of nitrogens with zero attached hydrogens (tertiary/aromatic N) is 1. The molecular weight excluding hydrogens is 138 g/mol. The molecule has 64 valence electrons. The largest absolute Gasteiger partial charge is 0.151 e.